The molecule has 4 rings (SSSR count). The Bertz CT molecular complexity index is 1450. The molecule has 0 radical (unpaired) electrons. The van der Waals surface area contributed by atoms with Gasteiger partial charge in [-0.2, -0.15) is 4.31 Å². The Morgan fingerprint density at radius 3 is 2.18 bits per heavy atom. The minimum Gasteiger partial charge on any atom is -0.350 e. The summed E-state index contributed by atoms with van der Waals surface area (Å²) in [5, 5.41) is 8.04. The van der Waals surface area contributed by atoms with E-state index in [1.807, 2.05) is 70.2 Å². The van der Waals surface area contributed by atoms with Gasteiger partial charge in [-0.15, -0.1) is 0 Å². The largest absolute Gasteiger partial charge is 0.350 e. The molecule has 3 aromatic carbocycles. The number of sulfonamides is 1. The van der Waals surface area contributed by atoms with Crippen molar-refractivity contribution < 1.29 is 18.0 Å². The van der Waals surface area contributed by atoms with Crippen LogP contribution in [-0.2, 0) is 21.4 Å². The summed E-state index contributed by atoms with van der Waals surface area (Å²) in [6.45, 7) is 11.3. The third kappa shape index (κ3) is 5.51. The second kappa shape index (κ2) is 10.3. The summed E-state index contributed by atoms with van der Waals surface area (Å²) in [5.41, 5.74) is -0.121. The second-order valence-electron chi connectivity index (χ2n) is 11.1. The van der Waals surface area contributed by atoms with Crippen LogP contribution in [0.25, 0.3) is 10.8 Å². The number of nitrogens with one attached hydrogen (secondary N) is 2. The number of hydrogen-bond acceptors (Lipinski definition) is 4. The van der Waals surface area contributed by atoms with Gasteiger partial charge < -0.3 is 10.6 Å². The summed E-state index contributed by atoms with van der Waals surface area (Å²) in [4.78, 5) is 24.9. The number of carbonyl (C=O) groups excluding carboxylic acids is 2. The SMILES string of the molecule is C=CC(=O)NC1CC(C)(C)N(S(=O)(=O)c2ccc(C(=O)NCc3cccc4ccccc34)cc2)C(C)(C)C1. The molecule has 0 unspecified atom stereocenters. The van der Waals surface area contributed by atoms with Crippen molar-refractivity contribution >= 4 is 32.6 Å². The zero-order valence-corrected chi connectivity index (χ0v) is 23.1. The van der Waals surface area contributed by atoms with Crippen molar-refractivity contribution in [2.24, 2.45) is 0 Å². The Morgan fingerprint density at radius 1 is 0.947 bits per heavy atom. The third-order valence-electron chi connectivity index (χ3n) is 7.10. The van der Waals surface area contributed by atoms with Crippen molar-refractivity contribution in [2.45, 2.75) is 69.1 Å². The lowest BCUT2D eigenvalue weighted by atomic mass is 9.79. The molecule has 7 nitrogen and oxygen atoms in total. The van der Waals surface area contributed by atoms with Crippen LogP contribution in [0.2, 0.25) is 0 Å². The summed E-state index contributed by atoms with van der Waals surface area (Å²) in [6, 6.07) is 19.9. The van der Waals surface area contributed by atoms with Crippen LogP contribution in [0.1, 0.15) is 56.5 Å². The summed E-state index contributed by atoms with van der Waals surface area (Å²) in [7, 11) is -3.89. The number of fused-ring (bicyclic) bond motifs is 1. The van der Waals surface area contributed by atoms with Crippen molar-refractivity contribution in [3.05, 3.63) is 90.5 Å². The van der Waals surface area contributed by atoms with Crippen LogP contribution in [0.4, 0.5) is 0 Å². The highest BCUT2D eigenvalue weighted by atomic mass is 32.2. The van der Waals surface area contributed by atoms with E-state index in [1.165, 1.54) is 18.2 Å². The molecule has 0 atom stereocenters. The summed E-state index contributed by atoms with van der Waals surface area (Å²) < 4.78 is 29.2. The zero-order valence-electron chi connectivity index (χ0n) is 22.3. The van der Waals surface area contributed by atoms with Gasteiger partial charge in [0.15, 0.2) is 0 Å². The standard InChI is InChI=1S/C30H35N3O4S/c1-6-27(34)32-24-18-29(2,3)33(30(4,5)19-24)38(36,37)25-16-14-22(15-17-25)28(35)31-20-23-12-9-11-21-10-7-8-13-26(21)23/h6-17,24H,1,18-20H2,2-5H3,(H,31,35)(H,32,34). The monoisotopic (exact) mass is 533 g/mol. The van der Waals surface area contributed by atoms with Crippen molar-refractivity contribution in [2.75, 3.05) is 0 Å². The summed E-state index contributed by atoms with van der Waals surface area (Å²) >= 11 is 0. The number of rotatable bonds is 7. The van der Waals surface area contributed by atoms with E-state index in [9.17, 15) is 18.0 Å². The Kier molecular flexibility index (Phi) is 7.50. The number of amides is 2. The molecule has 0 spiro atoms. The topological polar surface area (TPSA) is 95.6 Å². The van der Waals surface area contributed by atoms with Gasteiger partial charge in [-0.3, -0.25) is 9.59 Å². The van der Waals surface area contributed by atoms with Gasteiger partial charge in [0, 0.05) is 29.2 Å². The minimum absolute atomic E-state index is 0.123. The van der Waals surface area contributed by atoms with Gasteiger partial charge in [0.2, 0.25) is 15.9 Å². The first-order valence-corrected chi connectivity index (χ1v) is 14.1. The number of nitrogens with zero attached hydrogens (tertiary/aromatic N) is 1. The Balaban J connectivity index is 1.51. The average molecular weight is 534 g/mol. The molecule has 38 heavy (non-hydrogen) atoms. The summed E-state index contributed by atoms with van der Waals surface area (Å²) in [6.07, 6.45) is 2.15. The molecule has 1 aliphatic heterocycles. The van der Waals surface area contributed by atoms with E-state index in [0.29, 0.717) is 24.9 Å². The molecule has 200 valence electrons. The fourth-order valence-electron chi connectivity index (χ4n) is 5.88. The second-order valence-corrected chi connectivity index (χ2v) is 12.8. The molecule has 1 fully saturated rings. The number of benzene rings is 3. The molecule has 0 bridgehead atoms. The van der Waals surface area contributed by atoms with Crippen LogP contribution in [-0.4, -0.2) is 41.7 Å². The first-order valence-electron chi connectivity index (χ1n) is 12.7. The van der Waals surface area contributed by atoms with Crippen molar-refractivity contribution in [1.29, 1.82) is 0 Å². The van der Waals surface area contributed by atoms with Crippen molar-refractivity contribution in [3.63, 3.8) is 0 Å². The van der Waals surface area contributed by atoms with Crippen LogP contribution in [0.5, 0.6) is 0 Å². The van der Waals surface area contributed by atoms with E-state index in [-0.39, 0.29) is 22.8 Å². The first-order chi connectivity index (χ1) is 17.8. The minimum atomic E-state index is -3.89. The normalized spacial score (nSPS) is 17.6. The Labute approximate surface area is 225 Å². The molecule has 0 aliphatic carbocycles. The molecule has 1 saturated heterocycles. The highest BCUT2D eigenvalue weighted by Crippen LogP contribution is 2.42. The quantitative estimate of drug-likeness (QED) is 0.427. The van der Waals surface area contributed by atoms with E-state index in [0.717, 1.165) is 16.3 Å². The third-order valence-corrected chi connectivity index (χ3v) is 9.43. The van der Waals surface area contributed by atoms with E-state index < -0.39 is 21.1 Å². The smallest absolute Gasteiger partial charge is 0.251 e. The van der Waals surface area contributed by atoms with Crippen molar-refractivity contribution in [3.8, 4) is 0 Å². The molecular formula is C30H35N3O4S. The van der Waals surface area contributed by atoms with Crippen LogP contribution < -0.4 is 10.6 Å². The van der Waals surface area contributed by atoms with Crippen LogP contribution in [0.15, 0.2) is 84.3 Å². The molecule has 8 heteroatoms. The van der Waals surface area contributed by atoms with Crippen LogP contribution in [0, 0.1) is 0 Å². The lowest BCUT2D eigenvalue weighted by Crippen LogP contribution is -2.65. The van der Waals surface area contributed by atoms with Gasteiger partial charge in [0.1, 0.15) is 0 Å². The lowest BCUT2D eigenvalue weighted by molar-refractivity contribution is -0.118. The van der Waals surface area contributed by atoms with E-state index in [4.69, 9.17) is 0 Å². The Hall–Kier alpha value is -3.49. The maximum atomic E-state index is 13.8. The average Bonchev–Trinajstić information content (AvgIpc) is 2.85. The maximum Gasteiger partial charge on any atom is 0.251 e. The highest BCUT2D eigenvalue weighted by Gasteiger charge is 2.51. The molecule has 0 aromatic heterocycles. The van der Waals surface area contributed by atoms with E-state index in [1.54, 1.807) is 16.4 Å². The van der Waals surface area contributed by atoms with Gasteiger partial charge in [-0.05, 0) is 87.2 Å². The van der Waals surface area contributed by atoms with Crippen molar-refractivity contribution in [1.82, 2.24) is 14.9 Å². The number of carbonyl (C=O) groups is 2. The lowest BCUT2D eigenvalue weighted by Gasteiger charge is -2.53. The van der Waals surface area contributed by atoms with Gasteiger partial charge >= 0.3 is 0 Å². The van der Waals surface area contributed by atoms with Gasteiger partial charge in [-0.25, -0.2) is 8.42 Å². The van der Waals surface area contributed by atoms with E-state index in [2.05, 4.69) is 17.2 Å². The van der Waals surface area contributed by atoms with E-state index >= 15 is 0 Å². The van der Waals surface area contributed by atoms with Crippen LogP contribution >= 0.6 is 0 Å². The van der Waals surface area contributed by atoms with Gasteiger partial charge in [-0.1, -0.05) is 49.0 Å². The summed E-state index contributed by atoms with van der Waals surface area (Å²) in [5.74, 6) is -0.548. The molecular weight excluding hydrogens is 498 g/mol. The molecule has 0 saturated carbocycles. The fourth-order valence-corrected chi connectivity index (χ4v) is 8.03. The zero-order chi connectivity index (χ0) is 27.7. The van der Waals surface area contributed by atoms with Gasteiger partial charge in [0.05, 0.1) is 4.90 Å². The molecule has 2 N–H and O–H groups in total. The molecule has 2 amide bonds. The number of piperidine rings is 1. The predicted octanol–water partition coefficient (Wildman–Crippen LogP) is 4.78. The maximum absolute atomic E-state index is 13.8. The Morgan fingerprint density at radius 2 is 1.55 bits per heavy atom. The predicted molar refractivity (Wildman–Crippen MR) is 150 cm³/mol. The molecule has 1 heterocycles. The molecule has 1 aliphatic rings. The van der Waals surface area contributed by atoms with Gasteiger partial charge in [0.25, 0.3) is 5.91 Å². The van der Waals surface area contributed by atoms with Crippen LogP contribution in [0.3, 0.4) is 0 Å². The number of hydrogen-bond donors (Lipinski definition) is 2. The first kappa shape index (κ1) is 27.5. The molecule has 3 aromatic rings. The highest BCUT2D eigenvalue weighted by molar-refractivity contribution is 7.89. The fraction of sp³-hybridized carbons (Fsp3) is 0.333.